The molecule has 0 spiro atoms. The van der Waals surface area contributed by atoms with E-state index in [-0.39, 0.29) is 5.91 Å². The molecule has 1 atom stereocenters. The molecule has 0 aliphatic carbocycles. The minimum Gasteiger partial charge on any atom is -0.342 e. The van der Waals surface area contributed by atoms with E-state index in [4.69, 9.17) is 4.98 Å². The molecular weight excluding hydrogens is 262 g/mol. The number of piperidine rings is 1. The van der Waals surface area contributed by atoms with Gasteiger partial charge >= 0.3 is 0 Å². The molecule has 0 N–H and O–H groups in total. The molecule has 3 heterocycles. The van der Waals surface area contributed by atoms with Crippen LogP contribution in [0.2, 0.25) is 0 Å². The lowest BCUT2D eigenvalue weighted by Crippen LogP contribution is -2.37. The van der Waals surface area contributed by atoms with Crippen molar-refractivity contribution in [1.82, 2.24) is 14.9 Å². The predicted molar refractivity (Wildman–Crippen MR) is 81.7 cm³/mol. The monoisotopic (exact) mass is 281 g/mol. The smallest absolute Gasteiger partial charge is 0.219 e. The van der Waals surface area contributed by atoms with E-state index in [1.807, 2.05) is 35.4 Å². The predicted octanol–water partition coefficient (Wildman–Crippen LogP) is 2.87. The molecule has 3 rings (SSSR count). The van der Waals surface area contributed by atoms with Crippen LogP contribution in [0.1, 0.15) is 31.4 Å². The van der Waals surface area contributed by atoms with E-state index in [9.17, 15) is 4.79 Å². The zero-order valence-corrected chi connectivity index (χ0v) is 12.2. The maximum Gasteiger partial charge on any atom is 0.219 e. The fraction of sp³-hybridized carbons (Fsp3) is 0.353. The third-order valence-corrected chi connectivity index (χ3v) is 4.01. The second kappa shape index (κ2) is 6.04. The number of carbonyl (C=O) groups excluding carboxylic acids is 1. The van der Waals surface area contributed by atoms with Crippen molar-refractivity contribution in [3.8, 4) is 11.3 Å². The summed E-state index contributed by atoms with van der Waals surface area (Å²) >= 11 is 0. The lowest BCUT2D eigenvalue weighted by atomic mass is 9.94. The van der Waals surface area contributed by atoms with E-state index in [2.05, 4.69) is 11.1 Å². The molecule has 1 amide bonds. The van der Waals surface area contributed by atoms with Crippen LogP contribution in [0.15, 0.2) is 42.7 Å². The summed E-state index contributed by atoms with van der Waals surface area (Å²) in [7, 11) is 0. The summed E-state index contributed by atoms with van der Waals surface area (Å²) < 4.78 is 0. The van der Waals surface area contributed by atoms with Crippen LogP contribution in [-0.4, -0.2) is 33.9 Å². The van der Waals surface area contributed by atoms with Gasteiger partial charge in [-0.05, 0) is 37.1 Å². The summed E-state index contributed by atoms with van der Waals surface area (Å²) in [6, 6.07) is 10.0. The van der Waals surface area contributed by atoms with Crippen LogP contribution in [0.25, 0.3) is 11.3 Å². The van der Waals surface area contributed by atoms with Crippen molar-refractivity contribution < 1.29 is 4.79 Å². The quantitative estimate of drug-likeness (QED) is 0.850. The number of hydrogen-bond acceptors (Lipinski definition) is 3. The zero-order valence-electron chi connectivity index (χ0n) is 12.2. The second-order valence-corrected chi connectivity index (χ2v) is 5.49. The van der Waals surface area contributed by atoms with Crippen LogP contribution in [0.3, 0.4) is 0 Å². The lowest BCUT2D eigenvalue weighted by Gasteiger charge is -2.31. The Morgan fingerprint density at radius 2 is 2.19 bits per heavy atom. The molecule has 4 nitrogen and oxygen atoms in total. The molecule has 1 aliphatic heterocycles. The average molecular weight is 281 g/mol. The third kappa shape index (κ3) is 3.10. The molecule has 2 aromatic heterocycles. The van der Waals surface area contributed by atoms with E-state index >= 15 is 0 Å². The highest BCUT2D eigenvalue weighted by atomic mass is 16.2. The number of rotatable bonds is 2. The van der Waals surface area contributed by atoms with Gasteiger partial charge in [0.2, 0.25) is 5.91 Å². The number of likely N-dealkylation sites (tertiary alicyclic amines) is 1. The van der Waals surface area contributed by atoms with Crippen LogP contribution < -0.4 is 0 Å². The van der Waals surface area contributed by atoms with Gasteiger partial charge in [-0.1, -0.05) is 6.07 Å². The van der Waals surface area contributed by atoms with Gasteiger partial charge in [-0.3, -0.25) is 14.8 Å². The fourth-order valence-corrected chi connectivity index (χ4v) is 2.86. The molecule has 0 radical (unpaired) electrons. The van der Waals surface area contributed by atoms with Gasteiger partial charge in [0.1, 0.15) is 0 Å². The van der Waals surface area contributed by atoms with Crippen molar-refractivity contribution >= 4 is 5.91 Å². The number of nitrogens with zero attached hydrogens (tertiary/aromatic N) is 3. The molecule has 21 heavy (non-hydrogen) atoms. The van der Waals surface area contributed by atoms with Crippen LogP contribution >= 0.6 is 0 Å². The van der Waals surface area contributed by atoms with E-state index in [1.165, 1.54) is 0 Å². The highest BCUT2D eigenvalue weighted by molar-refractivity contribution is 5.73. The Morgan fingerprint density at radius 1 is 1.29 bits per heavy atom. The maximum atomic E-state index is 11.6. The molecule has 0 unspecified atom stereocenters. The fourth-order valence-electron chi connectivity index (χ4n) is 2.86. The molecule has 1 saturated heterocycles. The van der Waals surface area contributed by atoms with Crippen LogP contribution in [0.5, 0.6) is 0 Å². The van der Waals surface area contributed by atoms with Crippen molar-refractivity contribution in [2.24, 2.45) is 0 Å². The Morgan fingerprint density at radius 3 is 2.95 bits per heavy atom. The summed E-state index contributed by atoms with van der Waals surface area (Å²) in [5, 5.41) is 0. The number of hydrogen-bond donors (Lipinski definition) is 0. The van der Waals surface area contributed by atoms with Gasteiger partial charge in [-0.25, -0.2) is 0 Å². The first-order valence-electron chi connectivity index (χ1n) is 7.37. The van der Waals surface area contributed by atoms with Gasteiger partial charge in [0, 0.05) is 49.6 Å². The highest BCUT2D eigenvalue weighted by Gasteiger charge is 2.23. The third-order valence-electron chi connectivity index (χ3n) is 4.01. The van der Waals surface area contributed by atoms with Crippen molar-refractivity contribution in [3.63, 3.8) is 0 Å². The summed E-state index contributed by atoms with van der Waals surface area (Å²) in [6.45, 7) is 3.29. The largest absolute Gasteiger partial charge is 0.342 e. The molecular formula is C17H19N3O. The second-order valence-electron chi connectivity index (χ2n) is 5.49. The van der Waals surface area contributed by atoms with Gasteiger partial charge < -0.3 is 4.90 Å². The van der Waals surface area contributed by atoms with Crippen LogP contribution in [0, 0.1) is 0 Å². The van der Waals surface area contributed by atoms with Gasteiger partial charge in [-0.2, -0.15) is 0 Å². The highest BCUT2D eigenvalue weighted by Crippen LogP contribution is 2.27. The first kappa shape index (κ1) is 13.7. The molecule has 1 aliphatic rings. The Labute approximate surface area is 124 Å². The first-order chi connectivity index (χ1) is 10.2. The number of aromatic nitrogens is 2. The number of amides is 1. The summed E-state index contributed by atoms with van der Waals surface area (Å²) in [5.74, 6) is 0.488. The normalized spacial score (nSPS) is 18.5. The van der Waals surface area contributed by atoms with Crippen molar-refractivity contribution in [2.75, 3.05) is 13.1 Å². The lowest BCUT2D eigenvalue weighted by molar-refractivity contribution is -0.130. The number of carbonyl (C=O) groups is 1. The first-order valence-corrected chi connectivity index (χ1v) is 7.37. The Bertz CT molecular complexity index is 627. The minimum absolute atomic E-state index is 0.156. The molecule has 0 bridgehead atoms. The zero-order chi connectivity index (χ0) is 14.7. The molecule has 0 aromatic carbocycles. The number of pyridine rings is 2. The van der Waals surface area contributed by atoms with E-state index in [0.29, 0.717) is 5.92 Å². The van der Waals surface area contributed by atoms with Crippen molar-refractivity contribution in [1.29, 1.82) is 0 Å². The molecule has 2 aromatic rings. The average Bonchev–Trinajstić information content (AvgIpc) is 2.56. The van der Waals surface area contributed by atoms with Crippen molar-refractivity contribution in [2.45, 2.75) is 25.7 Å². The Kier molecular flexibility index (Phi) is 3.95. The van der Waals surface area contributed by atoms with Crippen LogP contribution in [-0.2, 0) is 4.79 Å². The molecule has 1 fully saturated rings. The van der Waals surface area contributed by atoms with Gasteiger partial charge in [0.15, 0.2) is 0 Å². The standard InChI is InChI=1S/C17H19N3O/c1-13(21)20-10-4-6-15(12-20)17-8-2-7-16(19-17)14-5-3-9-18-11-14/h2-3,5,7-9,11,15H,4,6,10,12H2,1H3/t15-/m0/s1. The van der Waals surface area contributed by atoms with E-state index in [1.54, 1.807) is 13.1 Å². The summed E-state index contributed by atoms with van der Waals surface area (Å²) in [4.78, 5) is 22.4. The summed E-state index contributed by atoms with van der Waals surface area (Å²) in [6.07, 6.45) is 5.73. The van der Waals surface area contributed by atoms with E-state index < -0.39 is 0 Å². The SMILES string of the molecule is CC(=O)N1CCC[C@H](c2cccc(-c3cccnc3)n2)C1. The Balaban J connectivity index is 1.84. The van der Waals surface area contributed by atoms with Gasteiger partial charge in [0.25, 0.3) is 0 Å². The van der Waals surface area contributed by atoms with Gasteiger partial charge in [-0.15, -0.1) is 0 Å². The molecule has 0 saturated carbocycles. The van der Waals surface area contributed by atoms with Crippen LogP contribution in [0.4, 0.5) is 0 Å². The Hall–Kier alpha value is -2.23. The van der Waals surface area contributed by atoms with E-state index in [0.717, 1.165) is 42.9 Å². The molecule has 4 heteroatoms. The molecule has 108 valence electrons. The summed E-state index contributed by atoms with van der Waals surface area (Å²) in [5.41, 5.74) is 3.04. The minimum atomic E-state index is 0.156. The van der Waals surface area contributed by atoms with Crippen molar-refractivity contribution in [3.05, 3.63) is 48.4 Å². The van der Waals surface area contributed by atoms with Gasteiger partial charge in [0.05, 0.1) is 5.69 Å². The topological polar surface area (TPSA) is 46.1 Å². The maximum absolute atomic E-state index is 11.6.